The Bertz CT molecular complexity index is 1910. The van der Waals surface area contributed by atoms with E-state index in [4.69, 9.17) is 4.98 Å². The van der Waals surface area contributed by atoms with Gasteiger partial charge in [0.1, 0.15) is 0 Å². The Hall–Kier alpha value is -4.59. The monoisotopic (exact) mass is 813 g/mol. The summed E-state index contributed by atoms with van der Waals surface area (Å²) >= 11 is 0. The van der Waals surface area contributed by atoms with Crippen LogP contribution in [-0.2, 0) is 25.5 Å². The second kappa shape index (κ2) is 15.1. The number of aromatic nitrogens is 4. The molecule has 0 saturated carbocycles. The van der Waals surface area contributed by atoms with E-state index in [1.807, 2.05) is 24.7 Å². The summed E-state index contributed by atoms with van der Waals surface area (Å²) in [5.41, 5.74) is 11.7. The van der Waals surface area contributed by atoms with Crippen molar-refractivity contribution >= 4 is 11.4 Å². The normalized spacial score (nSPS) is 13.9. The van der Waals surface area contributed by atoms with Crippen molar-refractivity contribution in [1.29, 1.82) is 0 Å². The van der Waals surface area contributed by atoms with Crippen molar-refractivity contribution in [3.63, 3.8) is 0 Å². The zero-order valence-corrected chi connectivity index (χ0v) is 29.8. The van der Waals surface area contributed by atoms with Gasteiger partial charge in [-0.05, 0) is 82.5 Å². The number of hydrogen-bond acceptors (Lipinski definition) is 7. The second-order valence-corrected chi connectivity index (χ2v) is 12.3. The summed E-state index contributed by atoms with van der Waals surface area (Å²) < 4.78 is 0. The van der Waals surface area contributed by atoms with Crippen LogP contribution in [0.15, 0.2) is 122 Å². The summed E-state index contributed by atoms with van der Waals surface area (Å²) in [6, 6.07) is 29.6. The Labute approximate surface area is 295 Å². The van der Waals surface area contributed by atoms with Crippen molar-refractivity contribution < 1.29 is 30.3 Å². The molecule has 0 amide bonds. The fourth-order valence-corrected chi connectivity index (χ4v) is 6.18. The Morgan fingerprint density at radius 1 is 0.750 bits per heavy atom. The number of para-hydroxylation sites is 1. The molecule has 6 aromatic rings. The van der Waals surface area contributed by atoms with Crippen LogP contribution in [0.1, 0.15) is 60.3 Å². The SMILES string of the molecule is Cc1cncc(-c2ccc(-c3[c-]ccc4c3N(C)c3ccccc3C4(C)C)nc2)c1.OC(CC(O)c1ccncc1)c1ccncc1.[Ir]. The van der Waals surface area contributed by atoms with Crippen LogP contribution in [-0.4, -0.2) is 37.2 Å². The number of anilines is 2. The van der Waals surface area contributed by atoms with Crippen molar-refractivity contribution in [2.75, 3.05) is 11.9 Å². The minimum Gasteiger partial charge on any atom is -0.388 e. The number of benzene rings is 2. The van der Waals surface area contributed by atoms with E-state index in [0.717, 1.165) is 39.1 Å². The molecular weight excluding hydrogens is 775 g/mol. The molecule has 1 aliphatic rings. The maximum Gasteiger partial charge on any atom is 0.0819 e. The van der Waals surface area contributed by atoms with E-state index in [9.17, 15) is 10.2 Å². The first-order valence-electron chi connectivity index (χ1n) is 15.7. The number of aliphatic hydroxyl groups excluding tert-OH is 2. The largest absolute Gasteiger partial charge is 0.388 e. The molecule has 0 spiro atoms. The Balaban J connectivity index is 0.000000214. The predicted octanol–water partition coefficient (Wildman–Crippen LogP) is 7.96. The molecule has 1 radical (unpaired) electrons. The molecule has 5 heterocycles. The fourth-order valence-electron chi connectivity index (χ4n) is 6.18. The van der Waals surface area contributed by atoms with Crippen LogP contribution in [0, 0.1) is 13.0 Å². The van der Waals surface area contributed by atoms with Crippen LogP contribution >= 0.6 is 0 Å². The van der Waals surface area contributed by atoms with E-state index >= 15 is 0 Å². The van der Waals surface area contributed by atoms with E-state index in [-0.39, 0.29) is 31.9 Å². The zero-order chi connectivity index (χ0) is 33.0. The van der Waals surface area contributed by atoms with Gasteiger partial charge in [-0.1, -0.05) is 49.7 Å². The third kappa shape index (κ3) is 7.27. The third-order valence-corrected chi connectivity index (χ3v) is 8.77. The van der Waals surface area contributed by atoms with Gasteiger partial charge in [0.15, 0.2) is 0 Å². The molecule has 0 fully saturated rings. The Morgan fingerprint density at radius 3 is 2.00 bits per heavy atom. The van der Waals surface area contributed by atoms with E-state index in [0.29, 0.717) is 0 Å². The maximum atomic E-state index is 9.95. The number of aryl methyl sites for hydroxylation is 1. The van der Waals surface area contributed by atoms with Crippen molar-refractivity contribution in [2.24, 2.45) is 0 Å². The average molecular weight is 813 g/mol. The van der Waals surface area contributed by atoms with E-state index in [2.05, 4.69) is 102 Å². The maximum absolute atomic E-state index is 9.95. The molecule has 2 atom stereocenters. The van der Waals surface area contributed by atoms with Crippen LogP contribution in [0.4, 0.5) is 11.4 Å². The molecule has 1 aliphatic heterocycles. The second-order valence-electron chi connectivity index (χ2n) is 12.3. The standard InChI is InChI=1S/C27H24N3.C13H14N2O2.Ir/c1-18-14-20(16-28-15-18)19-12-13-24(29-17-19)21-8-7-10-23-26(21)30(4)25-11-6-5-9-22(25)27(23,2)3;16-12(10-1-5-14-6-2-10)9-13(17)11-3-7-15-8-4-11;/h5-7,9-17H,1-4H3;1-8,12-13,16-17H,9H2;/q-1;;. The van der Waals surface area contributed by atoms with Gasteiger partial charge in [0.25, 0.3) is 0 Å². The number of nitrogens with zero attached hydrogens (tertiary/aromatic N) is 5. The summed E-state index contributed by atoms with van der Waals surface area (Å²) in [5.74, 6) is 0. The Kier molecular flexibility index (Phi) is 10.9. The first-order chi connectivity index (χ1) is 22.7. The molecule has 7 rings (SSSR count). The van der Waals surface area contributed by atoms with Gasteiger partial charge in [-0.2, -0.15) is 0 Å². The number of rotatable bonds is 6. The van der Waals surface area contributed by atoms with Crippen molar-refractivity contribution in [3.05, 3.63) is 156 Å². The molecule has 0 bridgehead atoms. The summed E-state index contributed by atoms with van der Waals surface area (Å²) in [6.07, 6.45) is 11.0. The molecule has 2 aromatic carbocycles. The summed E-state index contributed by atoms with van der Waals surface area (Å²) in [7, 11) is 2.14. The number of aliphatic hydroxyl groups is 2. The van der Waals surface area contributed by atoms with E-state index in [1.165, 1.54) is 22.5 Å². The molecule has 2 unspecified atom stereocenters. The summed E-state index contributed by atoms with van der Waals surface area (Å²) in [5, 5.41) is 19.9. The molecule has 48 heavy (non-hydrogen) atoms. The number of hydrogen-bond donors (Lipinski definition) is 2. The van der Waals surface area contributed by atoms with Crippen molar-refractivity contribution in [3.8, 4) is 22.4 Å². The van der Waals surface area contributed by atoms with Gasteiger partial charge in [0, 0.05) is 93.6 Å². The molecule has 2 N–H and O–H groups in total. The van der Waals surface area contributed by atoms with Gasteiger partial charge in [-0.3, -0.25) is 15.0 Å². The minimum atomic E-state index is -0.693. The quantitative estimate of drug-likeness (QED) is 0.165. The number of pyridine rings is 4. The van der Waals surface area contributed by atoms with Gasteiger partial charge in [-0.15, -0.1) is 23.8 Å². The van der Waals surface area contributed by atoms with Crippen LogP contribution in [0.2, 0.25) is 0 Å². The fraction of sp³-hybridized carbons (Fsp3) is 0.200. The molecular formula is C40H38IrN5O2-. The first-order valence-corrected chi connectivity index (χ1v) is 15.7. The Morgan fingerprint density at radius 2 is 1.40 bits per heavy atom. The summed E-state index contributed by atoms with van der Waals surface area (Å²) in [4.78, 5) is 19.2. The topological polar surface area (TPSA) is 95.3 Å². The van der Waals surface area contributed by atoms with Gasteiger partial charge >= 0.3 is 0 Å². The molecule has 0 saturated heterocycles. The predicted molar refractivity (Wildman–Crippen MR) is 186 cm³/mol. The van der Waals surface area contributed by atoms with E-state index < -0.39 is 12.2 Å². The van der Waals surface area contributed by atoms with Gasteiger partial charge in [-0.25, -0.2) is 0 Å². The molecule has 245 valence electrons. The third-order valence-electron chi connectivity index (χ3n) is 8.77. The first kappa shape index (κ1) is 34.7. The molecule has 4 aromatic heterocycles. The van der Waals surface area contributed by atoms with Crippen LogP contribution < -0.4 is 4.90 Å². The molecule has 8 heteroatoms. The molecule has 7 nitrogen and oxygen atoms in total. The van der Waals surface area contributed by atoms with Crippen molar-refractivity contribution in [1.82, 2.24) is 19.9 Å². The van der Waals surface area contributed by atoms with Gasteiger partial charge in [0.2, 0.25) is 0 Å². The molecule has 0 aliphatic carbocycles. The van der Waals surface area contributed by atoms with Gasteiger partial charge < -0.3 is 20.1 Å². The smallest absolute Gasteiger partial charge is 0.0819 e. The zero-order valence-electron chi connectivity index (χ0n) is 27.4. The summed E-state index contributed by atoms with van der Waals surface area (Å²) in [6.45, 7) is 6.64. The minimum absolute atomic E-state index is 0. The van der Waals surface area contributed by atoms with Crippen LogP contribution in [0.25, 0.3) is 22.4 Å². The van der Waals surface area contributed by atoms with Crippen molar-refractivity contribution in [2.45, 2.75) is 44.8 Å². The number of fused-ring (bicyclic) bond motifs is 2. The van der Waals surface area contributed by atoms with Gasteiger partial charge in [0.05, 0.1) is 12.2 Å². The van der Waals surface area contributed by atoms with E-state index in [1.54, 1.807) is 49.1 Å². The average Bonchev–Trinajstić information content (AvgIpc) is 3.11. The van der Waals surface area contributed by atoms with Crippen LogP contribution in [0.5, 0.6) is 0 Å². The van der Waals surface area contributed by atoms with Crippen LogP contribution in [0.3, 0.4) is 0 Å².